The van der Waals surface area contributed by atoms with E-state index in [-0.39, 0.29) is 12.6 Å². The van der Waals surface area contributed by atoms with Gasteiger partial charge >= 0.3 is 0 Å². The molecule has 0 fully saturated rings. The van der Waals surface area contributed by atoms with Gasteiger partial charge < -0.3 is 20.9 Å². The van der Waals surface area contributed by atoms with Crippen LogP contribution in [0.15, 0.2) is 22.7 Å². The fourth-order valence-electron chi connectivity index (χ4n) is 2.09. The summed E-state index contributed by atoms with van der Waals surface area (Å²) in [5.74, 6) is 0.834. The summed E-state index contributed by atoms with van der Waals surface area (Å²) < 4.78 is 6.40. The standard InChI is InChI=1S/C14H23BrN2O2/c1-10(4-3-7-18)17-13(9-16)12-8-11(15)5-6-14(12)19-2/h5-6,8,10,13,17-18H,3-4,7,9,16H2,1-2H3. The van der Waals surface area contributed by atoms with Crippen molar-refractivity contribution in [2.75, 3.05) is 20.3 Å². The smallest absolute Gasteiger partial charge is 0.123 e. The number of halogens is 1. The molecule has 4 nitrogen and oxygen atoms in total. The van der Waals surface area contributed by atoms with Crippen LogP contribution in [-0.2, 0) is 0 Å². The minimum Gasteiger partial charge on any atom is -0.496 e. The maximum atomic E-state index is 8.86. The van der Waals surface area contributed by atoms with Crippen LogP contribution >= 0.6 is 15.9 Å². The summed E-state index contributed by atoms with van der Waals surface area (Å²) in [6.07, 6.45) is 1.71. The molecule has 0 aliphatic heterocycles. The zero-order valence-corrected chi connectivity index (χ0v) is 13.1. The third-order valence-electron chi connectivity index (χ3n) is 3.08. The number of ether oxygens (including phenoxy) is 1. The average Bonchev–Trinajstić information content (AvgIpc) is 2.42. The molecular formula is C14H23BrN2O2. The molecule has 0 aliphatic rings. The first-order valence-electron chi connectivity index (χ1n) is 6.52. The van der Waals surface area contributed by atoms with Crippen LogP contribution in [0.2, 0.25) is 0 Å². The summed E-state index contributed by atoms with van der Waals surface area (Å²) in [4.78, 5) is 0. The quantitative estimate of drug-likeness (QED) is 0.683. The molecule has 0 amide bonds. The van der Waals surface area contributed by atoms with Crippen molar-refractivity contribution in [2.24, 2.45) is 5.73 Å². The van der Waals surface area contributed by atoms with Crippen LogP contribution < -0.4 is 15.8 Å². The van der Waals surface area contributed by atoms with Crippen molar-refractivity contribution < 1.29 is 9.84 Å². The molecule has 4 N–H and O–H groups in total. The molecule has 19 heavy (non-hydrogen) atoms. The minimum atomic E-state index is 0.0427. The number of hydrogen-bond acceptors (Lipinski definition) is 4. The first kappa shape index (κ1) is 16.4. The minimum absolute atomic E-state index is 0.0427. The van der Waals surface area contributed by atoms with E-state index in [1.807, 2.05) is 18.2 Å². The van der Waals surface area contributed by atoms with Crippen LogP contribution in [0.5, 0.6) is 5.75 Å². The average molecular weight is 331 g/mol. The van der Waals surface area contributed by atoms with Crippen LogP contribution in [-0.4, -0.2) is 31.4 Å². The van der Waals surface area contributed by atoms with Gasteiger partial charge in [0.1, 0.15) is 5.75 Å². The predicted octanol–water partition coefficient (Wildman–Crippen LogP) is 2.21. The summed E-state index contributed by atoms with van der Waals surface area (Å²) >= 11 is 3.47. The molecule has 0 saturated heterocycles. The van der Waals surface area contributed by atoms with Crippen molar-refractivity contribution in [3.8, 4) is 5.75 Å². The Hall–Kier alpha value is -0.620. The highest BCUT2D eigenvalue weighted by Crippen LogP contribution is 2.28. The van der Waals surface area contributed by atoms with E-state index in [1.165, 1.54) is 0 Å². The van der Waals surface area contributed by atoms with Crippen molar-refractivity contribution in [2.45, 2.75) is 31.8 Å². The second-order valence-corrected chi connectivity index (χ2v) is 5.52. The van der Waals surface area contributed by atoms with Crippen LogP contribution in [0, 0.1) is 0 Å². The van der Waals surface area contributed by atoms with E-state index in [9.17, 15) is 0 Å². The van der Waals surface area contributed by atoms with Gasteiger partial charge in [-0.15, -0.1) is 0 Å². The SMILES string of the molecule is COc1ccc(Br)cc1C(CN)NC(C)CCCO. The second kappa shape index (κ2) is 8.53. The first-order valence-corrected chi connectivity index (χ1v) is 7.32. The molecule has 0 bridgehead atoms. The van der Waals surface area contributed by atoms with Crippen LogP contribution in [0.25, 0.3) is 0 Å². The van der Waals surface area contributed by atoms with Crippen molar-refractivity contribution in [1.82, 2.24) is 5.32 Å². The Kier molecular flexibility index (Phi) is 7.38. The Morgan fingerprint density at radius 1 is 1.47 bits per heavy atom. The Balaban J connectivity index is 2.81. The van der Waals surface area contributed by atoms with Crippen molar-refractivity contribution >= 4 is 15.9 Å². The van der Waals surface area contributed by atoms with E-state index in [1.54, 1.807) is 7.11 Å². The largest absolute Gasteiger partial charge is 0.496 e. The molecule has 2 atom stereocenters. The number of hydrogen-bond donors (Lipinski definition) is 3. The molecule has 1 aromatic rings. The maximum Gasteiger partial charge on any atom is 0.123 e. The molecule has 0 heterocycles. The third kappa shape index (κ3) is 5.10. The Morgan fingerprint density at radius 2 is 2.21 bits per heavy atom. The molecule has 0 saturated carbocycles. The molecule has 0 aliphatic carbocycles. The van der Waals surface area contributed by atoms with Crippen LogP contribution in [0.3, 0.4) is 0 Å². The number of aliphatic hydroxyl groups excluding tert-OH is 1. The lowest BCUT2D eigenvalue weighted by molar-refractivity contribution is 0.273. The third-order valence-corrected chi connectivity index (χ3v) is 3.58. The predicted molar refractivity (Wildman–Crippen MR) is 81.4 cm³/mol. The van der Waals surface area contributed by atoms with Gasteiger partial charge in [0, 0.05) is 35.3 Å². The summed E-state index contributed by atoms with van der Waals surface area (Å²) in [7, 11) is 1.66. The van der Waals surface area contributed by atoms with Gasteiger partial charge in [0.25, 0.3) is 0 Å². The molecule has 1 aromatic carbocycles. The molecule has 108 valence electrons. The Morgan fingerprint density at radius 3 is 2.79 bits per heavy atom. The van der Waals surface area contributed by atoms with E-state index in [0.29, 0.717) is 12.6 Å². The number of benzene rings is 1. The molecule has 0 spiro atoms. The van der Waals surface area contributed by atoms with Gasteiger partial charge in [0.15, 0.2) is 0 Å². The number of methoxy groups -OCH3 is 1. The number of rotatable bonds is 8. The van der Waals surface area contributed by atoms with Crippen LogP contribution in [0.1, 0.15) is 31.4 Å². The molecule has 2 unspecified atom stereocenters. The van der Waals surface area contributed by atoms with Gasteiger partial charge in [0.05, 0.1) is 7.11 Å². The van der Waals surface area contributed by atoms with E-state index in [4.69, 9.17) is 15.6 Å². The highest BCUT2D eigenvalue weighted by Gasteiger charge is 2.17. The lowest BCUT2D eigenvalue weighted by Crippen LogP contribution is -2.35. The monoisotopic (exact) mass is 330 g/mol. The molecular weight excluding hydrogens is 308 g/mol. The Labute approximate surface area is 123 Å². The molecule has 0 aromatic heterocycles. The molecule has 5 heteroatoms. The second-order valence-electron chi connectivity index (χ2n) is 4.61. The van der Waals surface area contributed by atoms with Gasteiger partial charge in [-0.05, 0) is 38.0 Å². The topological polar surface area (TPSA) is 67.5 Å². The van der Waals surface area contributed by atoms with E-state index < -0.39 is 0 Å². The van der Waals surface area contributed by atoms with Gasteiger partial charge in [-0.1, -0.05) is 15.9 Å². The first-order chi connectivity index (χ1) is 9.12. The van der Waals surface area contributed by atoms with Crippen LogP contribution in [0.4, 0.5) is 0 Å². The number of nitrogens with two attached hydrogens (primary N) is 1. The van der Waals surface area contributed by atoms with E-state index in [0.717, 1.165) is 28.6 Å². The molecule has 1 rings (SSSR count). The lowest BCUT2D eigenvalue weighted by atomic mass is 10.0. The molecule has 0 radical (unpaired) electrons. The van der Waals surface area contributed by atoms with Gasteiger partial charge in [0.2, 0.25) is 0 Å². The number of nitrogens with one attached hydrogen (secondary N) is 1. The van der Waals surface area contributed by atoms with Crippen molar-refractivity contribution in [3.63, 3.8) is 0 Å². The maximum absolute atomic E-state index is 8.86. The van der Waals surface area contributed by atoms with Gasteiger partial charge in [-0.2, -0.15) is 0 Å². The summed E-state index contributed by atoms with van der Waals surface area (Å²) in [6, 6.07) is 6.25. The normalized spacial score (nSPS) is 14.2. The highest BCUT2D eigenvalue weighted by atomic mass is 79.9. The number of aliphatic hydroxyl groups is 1. The lowest BCUT2D eigenvalue weighted by Gasteiger charge is -2.24. The van der Waals surface area contributed by atoms with Crippen molar-refractivity contribution in [3.05, 3.63) is 28.2 Å². The summed E-state index contributed by atoms with van der Waals surface area (Å²) in [5, 5.41) is 12.3. The zero-order chi connectivity index (χ0) is 14.3. The van der Waals surface area contributed by atoms with Gasteiger partial charge in [-0.3, -0.25) is 0 Å². The Bertz CT molecular complexity index is 388. The van der Waals surface area contributed by atoms with E-state index in [2.05, 4.69) is 28.2 Å². The van der Waals surface area contributed by atoms with Crippen molar-refractivity contribution in [1.29, 1.82) is 0 Å². The summed E-state index contributed by atoms with van der Waals surface area (Å²) in [6.45, 7) is 2.82. The van der Waals surface area contributed by atoms with Gasteiger partial charge in [-0.25, -0.2) is 0 Å². The van der Waals surface area contributed by atoms with E-state index >= 15 is 0 Å². The summed E-state index contributed by atoms with van der Waals surface area (Å²) in [5.41, 5.74) is 6.92. The fraction of sp³-hybridized carbons (Fsp3) is 0.571. The highest BCUT2D eigenvalue weighted by molar-refractivity contribution is 9.10. The fourth-order valence-corrected chi connectivity index (χ4v) is 2.47. The zero-order valence-electron chi connectivity index (χ0n) is 11.5.